The van der Waals surface area contributed by atoms with Crippen LogP contribution in [0.25, 0.3) is 10.2 Å². The Balaban J connectivity index is 2.09. The number of nitrogens with zero attached hydrogens (tertiary/aromatic N) is 2. The van der Waals surface area contributed by atoms with Crippen LogP contribution in [0.2, 0.25) is 5.02 Å². The molecule has 0 N–H and O–H groups in total. The van der Waals surface area contributed by atoms with Crippen LogP contribution in [-0.4, -0.2) is 30.2 Å². The Kier molecular flexibility index (Phi) is 6.49. The molecular formula is C20H19ClN2O4S. The summed E-state index contributed by atoms with van der Waals surface area (Å²) in [6.07, 6.45) is 0.170. The predicted octanol–water partition coefficient (Wildman–Crippen LogP) is 4.06. The first kappa shape index (κ1) is 20.1. The highest BCUT2D eigenvalue weighted by atomic mass is 35.5. The lowest BCUT2D eigenvalue weighted by Gasteiger charge is -2.06. The average molecular weight is 419 g/mol. The molecule has 0 aliphatic carbocycles. The van der Waals surface area contributed by atoms with Crippen molar-refractivity contribution in [1.82, 2.24) is 4.57 Å². The van der Waals surface area contributed by atoms with Gasteiger partial charge in [-0.2, -0.15) is 4.99 Å². The smallest absolute Gasteiger partial charge is 0.307 e. The molecule has 3 aromatic rings. The lowest BCUT2D eigenvalue weighted by Crippen LogP contribution is -2.19. The molecule has 0 spiro atoms. The van der Waals surface area contributed by atoms with E-state index in [0.717, 1.165) is 16.0 Å². The van der Waals surface area contributed by atoms with Crippen molar-refractivity contribution in [1.29, 1.82) is 0 Å². The molecule has 1 heterocycles. The number of carbonyl (C=O) groups excluding carboxylic acids is 2. The number of thiazole rings is 1. The molecule has 0 saturated heterocycles. The predicted molar refractivity (Wildman–Crippen MR) is 109 cm³/mol. The molecule has 0 unspecified atom stereocenters. The third kappa shape index (κ3) is 4.43. The SMILES string of the molecule is CCOc1ccc2c(c1)sc(=NC(=O)c1ccccc1Cl)n2CCC(=O)OC. The summed E-state index contributed by atoms with van der Waals surface area (Å²) in [5.41, 5.74) is 1.19. The van der Waals surface area contributed by atoms with Gasteiger partial charge in [0.1, 0.15) is 5.75 Å². The summed E-state index contributed by atoms with van der Waals surface area (Å²) in [6.45, 7) is 2.81. The van der Waals surface area contributed by atoms with Crippen LogP contribution in [0.3, 0.4) is 0 Å². The van der Waals surface area contributed by atoms with E-state index in [4.69, 9.17) is 21.1 Å². The van der Waals surface area contributed by atoms with E-state index in [1.165, 1.54) is 18.4 Å². The number of benzene rings is 2. The average Bonchev–Trinajstić information content (AvgIpc) is 3.02. The van der Waals surface area contributed by atoms with E-state index >= 15 is 0 Å². The Morgan fingerprint density at radius 3 is 2.71 bits per heavy atom. The van der Waals surface area contributed by atoms with Crippen LogP contribution in [0.4, 0.5) is 0 Å². The zero-order valence-corrected chi connectivity index (χ0v) is 17.0. The van der Waals surface area contributed by atoms with Gasteiger partial charge in [-0.3, -0.25) is 9.59 Å². The summed E-state index contributed by atoms with van der Waals surface area (Å²) in [5.74, 6) is -0.0319. The molecule has 0 fully saturated rings. The second-order valence-electron chi connectivity index (χ2n) is 5.82. The molecule has 2 aromatic carbocycles. The monoisotopic (exact) mass is 418 g/mol. The Morgan fingerprint density at radius 1 is 1.21 bits per heavy atom. The summed E-state index contributed by atoms with van der Waals surface area (Å²) >= 11 is 7.47. The molecule has 3 rings (SSSR count). The number of rotatable bonds is 6. The summed E-state index contributed by atoms with van der Waals surface area (Å²) in [7, 11) is 1.35. The van der Waals surface area contributed by atoms with Crippen LogP contribution >= 0.6 is 22.9 Å². The van der Waals surface area contributed by atoms with Crippen molar-refractivity contribution in [3.63, 3.8) is 0 Å². The lowest BCUT2D eigenvalue weighted by molar-refractivity contribution is -0.140. The summed E-state index contributed by atoms with van der Waals surface area (Å²) in [5, 5.41) is 0.345. The van der Waals surface area contributed by atoms with Gasteiger partial charge in [-0.05, 0) is 37.3 Å². The van der Waals surface area contributed by atoms with Crippen molar-refractivity contribution in [3.8, 4) is 5.75 Å². The van der Waals surface area contributed by atoms with E-state index in [0.29, 0.717) is 28.5 Å². The summed E-state index contributed by atoms with van der Waals surface area (Å²) in [4.78, 5) is 29.0. The van der Waals surface area contributed by atoms with Gasteiger partial charge in [-0.1, -0.05) is 35.1 Å². The van der Waals surface area contributed by atoms with E-state index in [9.17, 15) is 9.59 Å². The lowest BCUT2D eigenvalue weighted by atomic mass is 10.2. The van der Waals surface area contributed by atoms with Gasteiger partial charge in [0.2, 0.25) is 0 Å². The first-order valence-corrected chi connectivity index (χ1v) is 9.89. The molecule has 0 aliphatic heterocycles. The minimum absolute atomic E-state index is 0.170. The first-order chi connectivity index (χ1) is 13.5. The van der Waals surface area contributed by atoms with Crippen molar-refractivity contribution in [2.24, 2.45) is 4.99 Å². The van der Waals surface area contributed by atoms with Crippen molar-refractivity contribution >= 4 is 45.0 Å². The van der Waals surface area contributed by atoms with Gasteiger partial charge >= 0.3 is 5.97 Å². The number of carbonyl (C=O) groups is 2. The number of hydrogen-bond acceptors (Lipinski definition) is 5. The quantitative estimate of drug-likeness (QED) is 0.566. The number of esters is 1. The van der Waals surface area contributed by atoms with Gasteiger partial charge in [0, 0.05) is 6.54 Å². The van der Waals surface area contributed by atoms with Gasteiger partial charge in [-0.25, -0.2) is 0 Å². The highest BCUT2D eigenvalue weighted by Gasteiger charge is 2.13. The van der Waals surface area contributed by atoms with Gasteiger partial charge in [0.05, 0.1) is 40.9 Å². The van der Waals surface area contributed by atoms with Crippen LogP contribution in [-0.2, 0) is 16.1 Å². The summed E-state index contributed by atoms with van der Waals surface area (Å²) < 4.78 is 13.0. The first-order valence-electron chi connectivity index (χ1n) is 8.70. The van der Waals surface area contributed by atoms with Gasteiger partial charge < -0.3 is 14.0 Å². The Morgan fingerprint density at radius 2 is 2.00 bits per heavy atom. The van der Waals surface area contributed by atoms with E-state index in [-0.39, 0.29) is 12.4 Å². The van der Waals surface area contributed by atoms with Gasteiger partial charge in [0.15, 0.2) is 4.80 Å². The zero-order chi connectivity index (χ0) is 20.1. The topological polar surface area (TPSA) is 69.9 Å². The fourth-order valence-corrected chi connectivity index (χ4v) is 4.00. The summed E-state index contributed by atoms with van der Waals surface area (Å²) in [6, 6.07) is 12.4. The second-order valence-corrected chi connectivity index (χ2v) is 7.24. The molecule has 1 aromatic heterocycles. The minimum Gasteiger partial charge on any atom is -0.494 e. The van der Waals surface area contributed by atoms with Crippen molar-refractivity contribution in [3.05, 3.63) is 57.9 Å². The van der Waals surface area contributed by atoms with Gasteiger partial charge in [-0.15, -0.1) is 0 Å². The van der Waals surface area contributed by atoms with Gasteiger partial charge in [0.25, 0.3) is 5.91 Å². The normalized spacial score (nSPS) is 11.6. The van der Waals surface area contributed by atoms with Crippen LogP contribution in [0, 0.1) is 0 Å². The molecule has 8 heteroatoms. The molecule has 28 heavy (non-hydrogen) atoms. The third-order valence-corrected chi connectivity index (χ3v) is 5.40. The Hall–Kier alpha value is -2.64. The number of hydrogen-bond donors (Lipinski definition) is 0. The number of methoxy groups -OCH3 is 1. The number of aromatic nitrogens is 1. The van der Waals surface area contributed by atoms with E-state index in [2.05, 4.69) is 4.99 Å². The van der Waals surface area contributed by atoms with Crippen molar-refractivity contribution < 1.29 is 19.1 Å². The molecular weight excluding hydrogens is 400 g/mol. The van der Waals surface area contributed by atoms with Crippen LogP contribution < -0.4 is 9.54 Å². The molecule has 146 valence electrons. The van der Waals surface area contributed by atoms with Crippen LogP contribution in [0.15, 0.2) is 47.5 Å². The maximum atomic E-state index is 12.7. The molecule has 0 aliphatic rings. The number of halogens is 1. The Bertz CT molecular complexity index is 1090. The molecule has 1 amide bonds. The van der Waals surface area contributed by atoms with Crippen LogP contribution in [0.1, 0.15) is 23.7 Å². The highest BCUT2D eigenvalue weighted by molar-refractivity contribution is 7.16. The van der Waals surface area contributed by atoms with E-state index in [1.807, 2.05) is 29.7 Å². The number of fused-ring (bicyclic) bond motifs is 1. The second kappa shape index (κ2) is 9.03. The molecule has 0 bridgehead atoms. The largest absolute Gasteiger partial charge is 0.494 e. The number of ether oxygens (including phenoxy) is 2. The fraction of sp³-hybridized carbons (Fsp3) is 0.250. The van der Waals surface area contributed by atoms with Crippen LogP contribution in [0.5, 0.6) is 5.75 Å². The van der Waals surface area contributed by atoms with E-state index in [1.54, 1.807) is 24.3 Å². The Labute approximate surface area is 171 Å². The fourth-order valence-electron chi connectivity index (χ4n) is 2.70. The molecule has 0 atom stereocenters. The molecule has 0 radical (unpaired) electrons. The zero-order valence-electron chi connectivity index (χ0n) is 15.5. The number of amides is 1. The third-order valence-electron chi connectivity index (χ3n) is 4.03. The minimum atomic E-state index is -0.436. The molecule has 0 saturated carbocycles. The van der Waals surface area contributed by atoms with Crippen molar-refractivity contribution in [2.75, 3.05) is 13.7 Å². The molecule has 6 nitrogen and oxygen atoms in total. The maximum absolute atomic E-state index is 12.7. The van der Waals surface area contributed by atoms with Crippen molar-refractivity contribution in [2.45, 2.75) is 19.9 Å². The standard InChI is InChI=1S/C20H19ClN2O4S/c1-3-27-13-8-9-16-17(12-13)28-20(23(16)11-10-18(24)26-2)22-19(25)14-6-4-5-7-15(14)21/h4-9,12H,3,10-11H2,1-2H3. The highest BCUT2D eigenvalue weighted by Crippen LogP contribution is 2.24. The van der Waals surface area contributed by atoms with E-state index < -0.39 is 5.91 Å². The maximum Gasteiger partial charge on any atom is 0.307 e. The number of aryl methyl sites for hydroxylation is 1.